The summed E-state index contributed by atoms with van der Waals surface area (Å²) in [6, 6.07) is 19.8. The van der Waals surface area contributed by atoms with Crippen LogP contribution in [-0.4, -0.2) is 10.4 Å². The quantitative estimate of drug-likeness (QED) is 0.507. The molecule has 0 N–H and O–H groups in total. The first-order chi connectivity index (χ1) is 10.2. The van der Waals surface area contributed by atoms with Gasteiger partial charge in [0.2, 0.25) is 0 Å². The van der Waals surface area contributed by atoms with Crippen LogP contribution >= 0.6 is 0 Å². The van der Waals surface area contributed by atoms with Gasteiger partial charge in [0.1, 0.15) is 0 Å². The average molecular weight is 273 g/mol. The Morgan fingerprint density at radius 1 is 0.952 bits per heavy atom. The predicted molar refractivity (Wildman–Crippen MR) is 83.2 cm³/mol. The van der Waals surface area contributed by atoms with Crippen LogP contribution in [-0.2, 0) is 6.42 Å². The summed E-state index contributed by atoms with van der Waals surface area (Å²) >= 11 is 0. The maximum atomic E-state index is 12.5. The largest absolute Gasteiger partial charge is 0.318 e. The molecule has 0 aliphatic carbocycles. The van der Waals surface area contributed by atoms with Crippen molar-refractivity contribution in [3.05, 3.63) is 88.7 Å². The second-order valence-electron chi connectivity index (χ2n) is 5.52. The molecule has 0 radical (unpaired) electrons. The maximum Gasteiger partial charge on any atom is 0.193 e. The van der Waals surface area contributed by atoms with E-state index in [1.165, 1.54) is 22.6 Å². The third-order valence-corrected chi connectivity index (χ3v) is 4.15. The van der Waals surface area contributed by atoms with E-state index in [-0.39, 0.29) is 5.78 Å². The van der Waals surface area contributed by atoms with Gasteiger partial charge in [-0.15, -0.1) is 0 Å². The molecule has 0 saturated heterocycles. The Morgan fingerprint density at radius 2 is 1.76 bits per heavy atom. The number of rotatable bonds is 2. The smallest absolute Gasteiger partial charge is 0.193 e. The van der Waals surface area contributed by atoms with E-state index in [1.54, 1.807) is 0 Å². The fourth-order valence-electron chi connectivity index (χ4n) is 3.11. The van der Waals surface area contributed by atoms with Crippen molar-refractivity contribution in [3.8, 4) is 5.69 Å². The molecule has 2 heterocycles. The first kappa shape index (κ1) is 12.2. The molecular weight excluding hydrogens is 258 g/mol. The molecule has 0 spiro atoms. The van der Waals surface area contributed by atoms with Crippen LogP contribution in [0, 0.1) is 6.92 Å². The summed E-state index contributed by atoms with van der Waals surface area (Å²) in [6.07, 6.45) is 0.902. The molecule has 21 heavy (non-hydrogen) atoms. The van der Waals surface area contributed by atoms with Gasteiger partial charge >= 0.3 is 0 Å². The molecule has 0 fully saturated rings. The summed E-state index contributed by atoms with van der Waals surface area (Å²) < 4.78 is 2.27. The number of benzene rings is 2. The van der Waals surface area contributed by atoms with Crippen molar-refractivity contribution in [1.29, 1.82) is 0 Å². The van der Waals surface area contributed by atoms with E-state index in [2.05, 4.69) is 29.7 Å². The highest BCUT2D eigenvalue weighted by Gasteiger charge is 2.21. The fourth-order valence-corrected chi connectivity index (χ4v) is 3.11. The van der Waals surface area contributed by atoms with Crippen LogP contribution in [0.15, 0.2) is 60.7 Å². The number of aromatic nitrogens is 1. The van der Waals surface area contributed by atoms with Crippen molar-refractivity contribution in [2.24, 2.45) is 0 Å². The number of hydrogen-bond donors (Lipinski definition) is 0. The molecule has 0 unspecified atom stereocenters. The van der Waals surface area contributed by atoms with Gasteiger partial charge in [-0.05, 0) is 42.8 Å². The lowest BCUT2D eigenvalue weighted by molar-refractivity contribution is 0.103. The first-order valence-electron chi connectivity index (χ1n) is 7.14. The highest BCUT2D eigenvalue weighted by Crippen LogP contribution is 2.31. The number of hydrogen-bond acceptors (Lipinski definition) is 1. The molecule has 4 rings (SSSR count). The van der Waals surface area contributed by atoms with Crippen LogP contribution in [0.3, 0.4) is 0 Å². The number of nitrogens with zero attached hydrogens (tertiary/aromatic N) is 1. The van der Waals surface area contributed by atoms with E-state index >= 15 is 0 Å². The Kier molecular flexibility index (Phi) is 2.58. The van der Waals surface area contributed by atoms with Gasteiger partial charge < -0.3 is 4.57 Å². The van der Waals surface area contributed by atoms with E-state index < -0.39 is 0 Å². The molecule has 3 aromatic rings. The second-order valence-corrected chi connectivity index (χ2v) is 5.52. The van der Waals surface area contributed by atoms with Crippen molar-refractivity contribution in [2.75, 3.05) is 0 Å². The molecule has 0 atom stereocenters. The third-order valence-electron chi connectivity index (χ3n) is 4.15. The molecular formula is C19H15NO. The average Bonchev–Trinajstić information content (AvgIpc) is 3.06. The van der Waals surface area contributed by atoms with E-state index in [0.717, 1.165) is 17.5 Å². The Bertz CT molecular complexity index is 843. The van der Waals surface area contributed by atoms with Gasteiger partial charge in [0, 0.05) is 34.6 Å². The summed E-state index contributed by atoms with van der Waals surface area (Å²) in [5.74, 6) is 0.0895. The van der Waals surface area contributed by atoms with E-state index in [0.29, 0.717) is 0 Å². The van der Waals surface area contributed by atoms with E-state index in [4.69, 9.17) is 0 Å². The molecule has 2 nitrogen and oxygen atoms in total. The van der Waals surface area contributed by atoms with Crippen molar-refractivity contribution < 1.29 is 4.79 Å². The standard InChI is InChI=1S/C19H15NO/c1-13-7-9-17-12-16-11-15(8-10-18(16)20(13)17)19(21)14-5-3-2-4-6-14/h2-11H,12H2,1H3. The lowest BCUT2D eigenvalue weighted by Crippen LogP contribution is -2.02. The van der Waals surface area contributed by atoms with Crippen molar-refractivity contribution in [2.45, 2.75) is 13.3 Å². The van der Waals surface area contributed by atoms with Gasteiger partial charge in [-0.3, -0.25) is 4.79 Å². The van der Waals surface area contributed by atoms with Crippen LogP contribution in [0.5, 0.6) is 0 Å². The molecule has 102 valence electrons. The number of ketones is 1. The molecule has 1 aliphatic rings. The molecule has 0 saturated carbocycles. The Hall–Kier alpha value is -2.61. The van der Waals surface area contributed by atoms with Crippen LogP contribution in [0.4, 0.5) is 0 Å². The molecule has 2 heteroatoms. The van der Waals surface area contributed by atoms with Gasteiger partial charge in [-0.1, -0.05) is 30.3 Å². The summed E-state index contributed by atoms with van der Waals surface area (Å²) in [6.45, 7) is 2.11. The van der Waals surface area contributed by atoms with Gasteiger partial charge in [-0.2, -0.15) is 0 Å². The lowest BCUT2D eigenvalue weighted by Gasteiger charge is -2.07. The van der Waals surface area contributed by atoms with Crippen LogP contribution in [0.2, 0.25) is 0 Å². The summed E-state index contributed by atoms with van der Waals surface area (Å²) in [7, 11) is 0. The monoisotopic (exact) mass is 273 g/mol. The van der Waals surface area contributed by atoms with Gasteiger partial charge in [-0.25, -0.2) is 0 Å². The number of fused-ring (bicyclic) bond motifs is 3. The van der Waals surface area contributed by atoms with Crippen LogP contribution < -0.4 is 0 Å². The number of aryl methyl sites for hydroxylation is 1. The van der Waals surface area contributed by atoms with Crippen molar-refractivity contribution in [1.82, 2.24) is 4.57 Å². The maximum absolute atomic E-state index is 12.5. The highest BCUT2D eigenvalue weighted by molar-refractivity contribution is 6.09. The zero-order valence-corrected chi connectivity index (χ0v) is 11.8. The SMILES string of the molecule is Cc1ccc2n1-c1ccc(C(=O)c3ccccc3)cc1C2. The molecule has 0 bridgehead atoms. The Balaban J connectivity index is 1.76. The fraction of sp³-hybridized carbons (Fsp3) is 0.105. The molecule has 1 aliphatic heterocycles. The second kappa shape index (κ2) is 4.45. The normalized spacial score (nSPS) is 12.0. The summed E-state index contributed by atoms with van der Waals surface area (Å²) in [4.78, 5) is 12.5. The molecule has 0 amide bonds. The minimum Gasteiger partial charge on any atom is -0.318 e. The topological polar surface area (TPSA) is 22.0 Å². The van der Waals surface area contributed by atoms with Gasteiger partial charge in [0.15, 0.2) is 5.78 Å². The van der Waals surface area contributed by atoms with Crippen molar-refractivity contribution in [3.63, 3.8) is 0 Å². The zero-order chi connectivity index (χ0) is 14.4. The summed E-state index contributed by atoms with van der Waals surface area (Å²) in [5.41, 5.74) is 6.49. The van der Waals surface area contributed by atoms with Gasteiger partial charge in [0.25, 0.3) is 0 Å². The lowest BCUT2D eigenvalue weighted by atomic mass is 10.00. The summed E-state index contributed by atoms with van der Waals surface area (Å²) in [5, 5.41) is 0. The zero-order valence-electron chi connectivity index (χ0n) is 11.8. The molecule has 2 aromatic carbocycles. The Morgan fingerprint density at radius 3 is 2.57 bits per heavy atom. The molecule has 1 aromatic heterocycles. The Labute approximate surface area is 123 Å². The minimum absolute atomic E-state index is 0.0895. The van der Waals surface area contributed by atoms with Crippen LogP contribution in [0.1, 0.15) is 32.9 Å². The third kappa shape index (κ3) is 1.83. The van der Waals surface area contributed by atoms with E-state index in [9.17, 15) is 4.79 Å². The predicted octanol–water partition coefficient (Wildman–Crippen LogP) is 3.92. The first-order valence-corrected chi connectivity index (χ1v) is 7.14. The van der Waals surface area contributed by atoms with Gasteiger partial charge in [0.05, 0.1) is 0 Å². The van der Waals surface area contributed by atoms with Crippen LogP contribution in [0.25, 0.3) is 5.69 Å². The highest BCUT2D eigenvalue weighted by atomic mass is 16.1. The minimum atomic E-state index is 0.0895. The number of carbonyl (C=O) groups is 1. The van der Waals surface area contributed by atoms with Crippen molar-refractivity contribution >= 4 is 5.78 Å². The number of carbonyl (C=O) groups excluding carboxylic acids is 1. The van der Waals surface area contributed by atoms with E-state index in [1.807, 2.05) is 42.5 Å².